The summed E-state index contributed by atoms with van der Waals surface area (Å²) in [4.78, 5) is 1.24. The van der Waals surface area contributed by atoms with Crippen LogP contribution in [0.4, 0.5) is 0 Å². The molecule has 0 fully saturated rings. The lowest BCUT2D eigenvalue weighted by molar-refractivity contribution is 0.408. The highest BCUT2D eigenvalue weighted by molar-refractivity contribution is 8.01. The monoisotopic (exact) mass is 222 g/mol. The third kappa shape index (κ3) is 2.11. The van der Waals surface area contributed by atoms with Crippen molar-refractivity contribution in [1.29, 1.82) is 0 Å². The number of ether oxygens (including phenoxy) is 1. The molecular formula is C11H10OS2. The van der Waals surface area contributed by atoms with Crippen molar-refractivity contribution < 1.29 is 4.74 Å². The molecule has 72 valence electrons. The Balaban J connectivity index is 2.19. The number of thiophene rings is 1. The van der Waals surface area contributed by atoms with Crippen LogP contribution in [0.5, 0.6) is 5.75 Å². The lowest BCUT2D eigenvalue weighted by Gasteiger charge is -2.01. The highest BCUT2D eigenvalue weighted by atomic mass is 32.2. The van der Waals surface area contributed by atoms with Crippen LogP contribution in [0.3, 0.4) is 0 Å². The molecule has 2 aromatic rings. The molecule has 0 N–H and O–H groups in total. The van der Waals surface area contributed by atoms with Crippen LogP contribution in [0.25, 0.3) is 0 Å². The Morgan fingerprint density at radius 2 is 1.93 bits per heavy atom. The summed E-state index contributed by atoms with van der Waals surface area (Å²) in [5.41, 5.74) is 0. The predicted molar refractivity (Wildman–Crippen MR) is 61.4 cm³/mol. The molecule has 0 unspecified atom stereocenters. The first kappa shape index (κ1) is 9.62. The van der Waals surface area contributed by atoms with Crippen molar-refractivity contribution >= 4 is 23.1 Å². The molecule has 1 aromatic heterocycles. The van der Waals surface area contributed by atoms with Crippen molar-refractivity contribution in [3.63, 3.8) is 0 Å². The van der Waals surface area contributed by atoms with E-state index in [9.17, 15) is 0 Å². The zero-order chi connectivity index (χ0) is 9.80. The smallest absolute Gasteiger partial charge is 0.143 e. The molecule has 1 heterocycles. The standard InChI is InChI=1S/C11H10OS2/c1-12-10-7-8-13-11(10)14-9-5-3-2-4-6-9/h2-8H,1H3. The van der Waals surface area contributed by atoms with Gasteiger partial charge in [-0.3, -0.25) is 0 Å². The van der Waals surface area contributed by atoms with Gasteiger partial charge in [-0.1, -0.05) is 30.0 Å². The fraction of sp³-hybridized carbons (Fsp3) is 0.0909. The largest absolute Gasteiger partial charge is 0.495 e. The minimum atomic E-state index is 0.962. The van der Waals surface area contributed by atoms with Crippen molar-refractivity contribution in [2.24, 2.45) is 0 Å². The molecule has 1 aromatic carbocycles. The average molecular weight is 222 g/mol. The van der Waals surface area contributed by atoms with Gasteiger partial charge in [0.1, 0.15) is 9.96 Å². The Labute approximate surface area is 91.7 Å². The molecule has 0 radical (unpaired) electrons. The molecule has 0 bridgehead atoms. The Kier molecular flexibility index (Phi) is 3.11. The molecular weight excluding hydrogens is 212 g/mol. The zero-order valence-electron chi connectivity index (χ0n) is 7.77. The van der Waals surface area contributed by atoms with Crippen molar-refractivity contribution in [1.82, 2.24) is 0 Å². The van der Waals surface area contributed by atoms with Crippen LogP contribution in [-0.2, 0) is 0 Å². The van der Waals surface area contributed by atoms with Gasteiger partial charge >= 0.3 is 0 Å². The first-order chi connectivity index (χ1) is 6.90. The second kappa shape index (κ2) is 4.53. The van der Waals surface area contributed by atoms with Gasteiger partial charge in [-0.15, -0.1) is 11.3 Å². The van der Waals surface area contributed by atoms with Crippen LogP contribution in [0.1, 0.15) is 0 Å². The number of hydrogen-bond donors (Lipinski definition) is 0. The van der Waals surface area contributed by atoms with Gasteiger partial charge in [-0.25, -0.2) is 0 Å². The van der Waals surface area contributed by atoms with Crippen molar-refractivity contribution in [3.05, 3.63) is 41.8 Å². The summed E-state index contributed by atoms with van der Waals surface area (Å²) in [7, 11) is 1.71. The Hall–Kier alpha value is -0.930. The Morgan fingerprint density at radius 3 is 2.64 bits per heavy atom. The zero-order valence-corrected chi connectivity index (χ0v) is 9.40. The molecule has 3 heteroatoms. The molecule has 14 heavy (non-hydrogen) atoms. The Bertz CT molecular complexity index is 395. The summed E-state index contributed by atoms with van der Waals surface area (Å²) in [6, 6.07) is 12.3. The molecule has 1 nitrogen and oxygen atoms in total. The number of rotatable bonds is 3. The van der Waals surface area contributed by atoms with Gasteiger partial charge in [0.05, 0.1) is 7.11 Å². The van der Waals surface area contributed by atoms with Gasteiger partial charge in [0.2, 0.25) is 0 Å². The molecule has 2 rings (SSSR count). The summed E-state index contributed by atoms with van der Waals surface area (Å²) in [5.74, 6) is 0.962. The van der Waals surface area contributed by atoms with Crippen LogP contribution < -0.4 is 4.74 Å². The topological polar surface area (TPSA) is 9.23 Å². The number of methoxy groups -OCH3 is 1. The van der Waals surface area contributed by atoms with E-state index < -0.39 is 0 Å². The first-order valence-corrected chi connectivity index (χ1v) is 5.94. The van der Waals surface area contributed by atoms with Crippen LogP contribution >= 0.6 is 23.1 Å². The highest BCUT2D eigenvalue weighted by Gasteiger charge is 2.05. The first-order valence-electron chi connectivity index (χ1n) is 4.24. The molecule has 0 aliphatic rings. The fourth-order valence-electron chi connectivity index (χ4n) is 1.11. The number of benzene rings is 1. The SMILES string of the molecule is COc1ccsc1Sc1ccccc1. The van der Waals surface area contributed by atoms with Gasteiger partial charge < -0.3 is 4.74 Å². The lowest BCUT2D eigenvalue weighted by atomic mass is 10.4. The molecule has 0 aliphatic heterocycles. The van der Waals surface area contributed by atoms with Gasteiger partial charge in [0.15, 0.2) is 0 Å². The quantitative estimate of drug-likeness (QED) is 0.778. The molecule has 0 spiro atoms. The minimum absolute atomic E-state index is 0.962. The maximum absolute atomic E-state index is 5.25. The van der Waals surface area contributed by atoms with E-state index in [1.807, 2.05) is 29.6 Å². The predicted octanol–water partition coefficient (Wildman–Crippen LogP) is 3.91. The van der Waals surface area contributed by atoms with Crippen LogP contribution in [0.2, 0.25) is 0 Å². The van der Waals surface area contributed by atoms with E-state index in [1.165, 1.54) is 9.10 Å². The van der Waals surface area contributed by atoms with Gasteiger partial charge in [0, 0.05) is 4.90 Å². The molecule has 0 atom stereocenters. The van der Waals surface area contributed by atoms with Gasteiger partial charge in [0.25, 0.3) is 0 Å². The fourth-order valence-corrected chi connectivity index (χ4v) is 3.09. The summed E-state index contributed by atoms with van der Waals surface area (Å²) in [6.07, 6.45) is 0. The molecule has 0 amide bonds. The second-order valence-electron chi connectivity index (χ2n) is 2.69. The van der Waals surface area contributed by atoms with E-state index >= 15 is 0 Å². The maximum atomic E-state index is 5.25. The van der Waals surface area contributed by atoms with Crippen LogP contribution in [-0.4, -0.2) is 7.11 Å². The van der Waals surface area contributed by atoms with E-state index in [0.29, 0.717) is 0 Å². The van der Waals surface area contributed by atoms with E-state index in [-0.39, 0.29) is 0 Å². The minimum Gasteiger partial charge on any atom is -0.495 e. The van der Waals surface area contributed by atoms with Gasteiger partial charge in [-0.2, -0.15) is 0 Å². The Morgan fingerprint density at radius 1 is 1.14 bits per heavy atom. The highest BCUT2D eigenvalue weighted by Crippen LogP contribution is 2.38. The maximum Gasteiger partial charge on any atom is 0.143 e. The second-order valence-corrected chi connectivity index (χ2v) is 4.95. The average Bonchev–Trinajstić information content (AvgIpc) is 2.67. The van der Waals surface area contributed by atoms with Crippen LogP contribution in [0.15, 0.2) is 50.9 Å². The molecule has 0 saturated heterocycles. The van der Waals surface area contributed by atoms with Crippen molar-refractivity contribution in [3.8, 4) is 5.75 Å². The van der Waals surface area contributed by atoms with E-state index in [0.717, 1.165) is 5.75 Å². The lowest BCUT2D eigenvalue weighted by Crippen LogP contribution is -1.79. The molecule has 0 saturated carbocycles. The normalized spacial score (nSPS) is 10.1. The van der Waals surface area contributed by atoms with E-state index in [4.69, 9.17) is 4.74 Å². The summed E-state index contributed by atoms with van der Waals surface area (Å²) < 4.78 is 6.45. The number of hydrogen-bond acceptors (Lipinski definition) is 3. The van der Waals surface area contributed by atoms with Crippen LogP contribution in [0, 0.1) is 0 Å². The third-order valence-electron chi connectivity index (χ3n) is 1.77. The summed E-state index contributed by atoms with van der Waals surface area (Å²) in [6.45, 7) is 0. The van der Waals surface area contributed by atoms with Crippen molar-refractivity contribution in [2.75, 3.05) is 7.11 Å². The molecule has 0 aliphatic carbocycles. The van der Waals surface area contributed by atoms with E-state index in [2.05, 4.69) is 12.1 Å². The summed E-state index contributed by atoms with van der Waals surface area (Å²) >= 11 is 3.45. The van der Waals surface area contributed by atoms with Gasteiger partial charge in [-0.05, 0) is 23.6 Å². The summed E-state index contributed by atoms with van der Waals surface area (Å²) in [5, 5.41) is 2.05. The van der Waals surface area contributed by atoms with E-state index in [1.54, 1.807) is 30.2 Å². The van der Waals surface area contributed by atoms with Crippen molar-refractivity contribution in [2.45, 2.75) is 9.10 Å². The third-order valence-corrected chi connectivity index (χ3v) is 3.89.